The fourth-order valence-corrected chi connectivity index (χ4v) is 3.14. The lowest BCUT2D eigenvalue weighted by atomic mass is 9.86. The van der Waals surface area contributed by atoms with E-state index >= 15 is 0 Å². The van der Waals surface area contributed by atoms with Crippen molar-refractivity contribution in [1.82, 2.24) is 10.2 Å². The van der Waals surface area contributed by atoms with E-state index in [0.29, 0.717) is 13.0 Å². The molecule has 5 heteroatoms. The number of rotatable bonds is 2. The maximum absolute atomic E-state index is 12.8. The molecule has 2 atom stereocenters. The summed E-state index contributed by atoms with van der Waals surface area (Å²) in [6.45, 7) is 8.47. The van der Waals surface area contributed by atoms with Gasteiger partial charge in [0.05, 0.1) is 6.54 Å². The lowest BCUT2D eigenvalue weighted by molar-refractivity contribution is -0.138. The molecule has 2 rings (SSSR count). The average molecular weight is 294 g/mol. The van der Waals surface area contributed by atoms with Crippen molar-refractivity contribution in [3.8, 4) is 0 Å². The largest absolute Gasteiger partial charge is 0.344 e. The molecular formula is C15H22N2O2S. The Kier molecular flexibility index (Phi) is 4.18. The highest BCUT2D eigenvalue weighted by Gasteiger charge is 2.40. The molecule has 110 valence electrons. The molecule has 1 N–H and O–H groups in total. The summed E-state index contributed by atoms with van der Waals surface area (Å²) < 4.78 is 0. The number of carbonyl (C=O) groups is 2. The fourth-order valence-electron chi connectivity index (χ4n) is 2.43. The summed E-state index contributed by atoms with van der Waals surface area (Å²) >= 11 is 1.64. The number of thiophene rings is 1. The van der Waals surface area contributed by atoms with E-state index in [4.69, 9.17) is 0 Å². The van der Waals surface area contributed by atoms with Gasteiger partial charge in [-0.3, -0.25) is 9.59 Å². The standard InChI is InChI=1S/C15H22N2O2S/c1-10-8-12(18)16-13(15(2,3)4)14(19)17(10)9-11-6-5-7-20-11/h5-7,10,13H,8-9H2,1-4H3,(H,16,18). The minimum Gasteiger partial charge on any atom is -0.344 e. The first kappa shape index (κ1) is 15.0. The predicted molar refractivity (Wildman–Crippen MR) is 80.3 cm³/mol. The minimum absolute atomic E-state index is 0.0178. The van der Waals surface area contributed by atoms with E-state index in [9.17, 15) is 9.59 Å². The van der Waals surface area contributed by atoms with E-state index in [0.717, 1.165) is 4.88 Å². The molecule has 0 saturated carbocycles. The van der Waals surface area contributed by atoms with Gasteiger partial charge in [-0.1, -0.05) is 26.8 Å². The van der Waals surface area contributed by atoms with Gasteiger partial charge in [0.1, 0.15) is 6.04 Å². The molecule has 20 heavy (non-hydrogen) atoms. The third kappa shape index (κ3) is 3.20. The van der Waals surface area contributed by atoms with Crippen LogP contribution in [0, 0.1) is 5.41 Å². The number of nitrogens with zero attached hydrogens (tertiary/aromatic N) is 1. The number of carbonyl (C=O) groups excluding carboxylic acids is 2. The maximum Gasteiger partial charge on any atom is 0.246 e. The van der Waals surface area contributed by atoms with Gasteiger partial charge in [0.2, 0.25) is 11.8 Å². The lowest BCUT2D eigenvalue weighted by Crippen LogP contribution is -2.52. The molecule has 0 spiro atoms. The normalized spacial score (nSPS) is 24.5. The minimum atomic E-state index is -0.458. The topological polar surface area (TPSA) is 49.4 Å². The zero-order chi connectivity index (χ0) is 14.9. The Hall–Kier alpha value is -1.36. The van der Waals surface area contributed by atoms with E-state index in [-0.39, 0.29) is 23.3 Å². The predicted octanol–water partition coefficient (Wildman–Crippen LogP) is 2.40. The van der Waals surface area contributed by atoms with Crippen LogP contribution >= 0.6 is 11.3 Å². The van der Waals surface area contributed by atoms with Crippen LogP contribution in [-0.4, -0.2) is 28.8 Å². The van der Waals surface area contributed by atoms with Crippen LogP contribution in [0.25, 0.3) is 0 Å². The maximum atomic E-state index is 12.8. The van der Waals surface area contributed by atoms with E-state index in [2.05, 4.69) is 5.32 Å². The smallest absolute Gasteiger partial charge is 0.246 e. The van der Waals surface area contributed by atoms with Crippen LogP contribution < -0.4 is 5.32 Å². The van der Waals surface area contributed by atoms with Crippen molar-refractivity contribution < 1.29 is 9.59 Å². The highest BCUT2D eigenvalue weighted by molar-refractivity contribution is 7.09. The molecule has 1 aliphatic rings. The van der Waals surface area contributed by atoms with Gasteiger partial charge >= 0.3 is 0 Å². The van der Waals surface area contributed by atoms with Gasteiger partial charge in [0, 0.05) is 17.3 Å². The van der Waals surface area contributed by atoms with Crippen LogP contribution in [0.15, 0.2) is 17.5 Å². The molecule has 1 fully saturated rings. The zero-order valence-electron chi connectivity index (χ0n) is 12.5. The first-order valence-electron chi connectivity index (χ1n) is 6.91. The van der Waals surface area contributed by atoms with Crippen molar-refractivity contribution in [3.63, 3.8) is 0 Å². The summed E-state index contributed by atoms with van der Waals surface area (Å²) in [4.78, 5) is 27.7. The van der Waals surface area contributed by atoms with Crippen LogP contribution in [0.1, 0.15) is 39.0 Å². The third-order valence-electron chi connectivity index (χ3n) is 3.62. The van der Waals surface area contributed by atoms with Crippen LogP contribution in [0.3, 0.4) is 0 Å². The Morgan fingerprint density at radius 3 is 2.65 bits per heavy atom. The summed E-state index contributed by atoms with van der Waals surface area (Å²) in [5.41, 5.74) is -0.287. The molecule has 1 saturated heterocycles. The quantitative estimate of drug-likeness (QED) is 0.910. The van der Waals surface area contributed by atoms with Gasteiger partial charge in [0.25, 0.3) is 0 Å². The highest BCUT2D eigenvalue weighted by Crippen LogP contribution is 2.26. The first-order chi connectivity index (χ1) is 9.29. The molecule has 2 heterocycles. The van der Waals surface area contributed by atoms with Gasteiger partial charge < -0.3 is 10.2 Å². The molecule has 2 amide bonds. The second kappa shape index (κ2) is 5.56. The van der Waals surface area contributed by atoms with Crippen molar-refractivity contribution in [3.05, 3.63) is 22.4 Å². The Balaban J connectivity index is 2.27. The molecule has 2 unspecified atom stereocenters. The first-order valence-corrected chi connectivity index (χ1v) is 7.79. The van der Waals surface area contributed by atoms with Crippen LogP contribution in [0.4, 0.5) is 0 Å². The molecule has 1 aliphatic heterocycles. The summed E-state index contributed by atoms with van der Waals surface area (Å²) in [6.07, 6.45) is 0.365. The Labute approximate surface area is 124 Å². The molecule has 4 nitrogen and oxygen atoms in total. The van der Waals surface area contributed by atoms with E-state index in [1.54, 1.807) is 11.3 Å². The molecule has 0 aliphatic carbocycles. The third-order valence-corrected chi connectivity index (χ3v) is 4.48. The van der Waals surface area contributed by atoms with E-state index in [1.807, 2.05) is 50.1 Å². The van der Waals surface area contributed by atoms with Gasteiger partial charge in [-0.2, -0.15) is 0 Å². The van der Waals surface area contributed by atoms with Crippen molar-refractivity contribution in [2.24, 2.45) is 5.41 Å². The molecule has 0 radical (unpaired) electrons. The number of amides is 2. The van der Waals surface area contributed by atoms with Crippen molar-refractivity contribution in [1.29, 1.82) is 0 Å². The summed E-state index contributed by atoms with van der Waals surface area (Å²) in [6, 6.07) is 3.48. The molecule has 1 aromatic heterocycles. The van der Waals surface area contributed by atoms with Crippen LogP contribution in [0.2, 0.25) is 0 Å². The second-order valence-corrected chi connectivity index (χ2v) is 7.50. The Morgan fingerprint density at radius 1 is 1.40 bits per heavy atom. The van der Waals surface area contributed by atoms with Crippen molar-refractivity contribution in [2.75, 3.05) is 0 Å². The van der Waals surface area contributed by atoms with Gasteiger partial charge in [-0.05, 0) is 23.8 Å². The van der Waals surface area contributed by atoms with E-state index in [1.165, 1.54) is 0 Å². The van der Waals surface area contributed by atoms with Gasteiger partial charge in [0.15, 0.2) is 0 Å². The molecule has 0 bridgehead atoms. The van der Waals surface area contributed by atoms with Crippen LogP contribution in [0.5, 0.6) is 0 Å². The van der Waals surface area contributed by atoms with Gasteiger partial charge in [-0.25, -0.2) is 0 Å². The summed E-state index contributed by atoms with van der Waals surface area (Å²) in [5, 5.41) is 4.89. The summed E-state index contributed by atoms with van der Waals surface area (Å²) in [5.74, 6) is -0.0243. The van der Waals surface area contributed by atoms with Gasteiger partial charge in [-0.15, -0.1) is 11.3 Å². The Morgan fingerprint density at radius 2 is 2.10 bits per heavy atom. The molecule has 0 aromatic carbocycles. The monoisotopic (exact) mass is 294 g/mol. The molecular weight excluding hydrogens is 272 g/mol. The van der Waals surface area contributed by atoms with Crippen LogP contribution in [-0.2, 0) is 16.1 Å². The molecule has 1 aromatic rings. The number of hydrogen-bond acceptors (Lipinski definition) is 3. The number of hydrogen-bond donors (Lipinski definition) is 1. The lowest BCUT2D eigenvalue weighted by Gasteiger charge is -2.34. The Bertz CT molecular complexity index is 490. The average Bonchev–Trinajstić information content (AvgIpc) is 2.79. The SMILES string of the molecule is CC1CC(=O)NC(C(C)(C)C)C(=O)N1Cc1cccs1. The zero-order valence-corrected chi connectivity index (χ0v) is 13.3. The fraction of sp³-hybridized carbons (Fsp3) is 0.600. The highest BCUT2D eigenvalue weighted by atomic mass is 32.1. The number of nitrogens with one attached hydrogen (secondary N) is 1. The van der Waals surface area contributed by atoms with Crippen molar-refractivity contribution in [2.45, 2.75) is 52.7 Å². The second-order valence-electron chi connectivity index (χ2n) is 6.47. The van der Waals surface area contributed by atoms with E-state index < -0.39 is 6.04 Å². The van der Waals surface area contributed by atoms with Crippen molar-refractivity contribution >= 4 is 23.2 Å². The summed E-state index contributed by atoms with van der Waals surface area (Å²) in [7, 11) is 0.